The molecule has 5 nitrogen and oxygen atoms in total. The van der Waals surface area contributed by atoms with Crippen molar-refractivity contribution in [2.24, 2.45) is 5.73 Å². The molecule has 2 heterocycles. The van der Waals surface area contributed by atoms with Crippen molar-refractivity contribution < 1.29 is 0 Å². The number of nitrogens with two attached hydrogens (primary N) is 1. The minimum absolute atomic E-state index is 0.230. The maximum atomic E-state index is 5.97. The molecule has 0 radical (unpaired) electrons. The molecule has 1 fully saturated rings. The summed E-state index contributed by atoms with van der Waals surface area (Å²) < 4.78 is 2.05. The van der Waals surface area contributed by atoms with Crippen LogP contribution in [0, 0.1) is 0 Å². The molecule has 1 atom stereocenters. The van der Waals surface area contributed by atoms with Crippen LogP contribution in [0.15, 0.2) is 12.3 Å². The van der Waals surface area contributed by atoms with E-state index < -0.39 is 0 Å². The van der Waals surface area contributed by atoms with Crippen LogP contribution >= 0.6 is 0 Å². The Balaban J connectivity index is 1.86. The highest BCUT2D eigenvalue weighted by molar-refractivity contribution is 5.35. The van der Waals surface area contributed by atoms with Gasteiger partial charge in [-0.1, -0.05) is 13.3 Å². The molecule has 0 spiro atoms. The first-order chi connectivity index (χ1) is 7.81. The van der Waals surface area contributed by atoms with E-state index in [-0.39, 0.29) is 6.04 Å². The molecular formula is C11H21N5. The number of nitrogens with one attached hydrogen (secondary N) is 2. The van der Waals surface area contributed by atoms with Gasteiger partial charge in [0.15, 0.2) is 0 Å². The van der Waals surface area contributed by atoms with Crippen molar-refractivity contribution in [1.82, 2.24) is 15.1 Å². The summed E-state index contributed by atoms with van der Waals surface area (Å²) in [7, 11) is 0. The summed E-state index contributed by atoms with van der Waals surface area (Å²) in [6.45, 7) is 5.00. The van der Waals surface area contributed by atoms with Crippen LogP contribution in [0.2, 0.25) is 0 Å². The SMILES string of the molecule is CCC[C@H](N)CNc1ccnn1C1CNC1. The second-order valence-corrected chi connectivity index (χ2v) is 4.40. The lowest BCUT2D eigenvalue weighted by molar-refractivity contribution is 0.321. The molecule has 1 aromatic heterocycles. The average Bonchev–Trinajstić information content (AvgIpc) is 2.61. The second-order valence-electron chi connectivity index (χ2n) is 4.40. The molecule has 0 unspecified atom stereocenters. The summed E-state index contributed by atoms with van der Waals surface area (Å²) in [6.07, 6.45) is 4.03. The van der Waals surface area contributed by atoms with Gasteiger partial charge in [0.25, 0.3) is 0 Å². The molecule has 2 rings (SSSR count). The van der Waals surface area contributed by atoms with Gasteiger partial charge in [-0.25, -0.2) is 4.68 Å². The van der Waals surface area contributed by atoms with Crippen LogP contribution in [0.25, 0.3) is 0 Å². The Morgan fingerprint density at radius 1 is 1.69 bits per heavy atom. The Kier molecular flexibility index (Phi) is 3.79. The van der Waals surface area contributed by atoms with Crippen LogP contribution in [-0.2, 0) is 0 Å². The second kappa shape index (κ2) is 5.32. The van der Waals surface area contributed by atoms with Gasteiger partial charge in [-0.15, -0.1) is 0 Å². The predicted molar refractivity (Wildman–Crippen MR) is 65.5 cm³/mol. The Labute approximate surface area is 96.4 Å². The van der Waals surface area contributed by atoms with E-state index >= 15 is 0 Å². The van der Waals surface area contributed by atoms with E-state index in [9.17, 15) is 0 Å². The summed E-state index contributed by atoms with van der Waals surface area (Å²) >= 11 is 0. The summed E-state index contributed by atoms with van der Waals surface area (Å²) in [4.78, 5) is 0. The first kappa shape index (κ1) is 11.4. The molecule has 4 N–H and O–H groups in total. The summed E-state index contributed by atoms with van der Waals surface area (Å²) in [6, 6.07) is 2.74. The Hall–Kier alpha value is -1.07. The number of aromatic nitrogens is 2. The van der Waals surface area contributed by atoms with Crippen molar-refractivity contribution in [3.05, 3.63) is 12.3 Å². The Morgan fingerprint density at radius 2 is 2.50 bits per heavy atom. The Morgan fingerprint density at radius 3 is 3.12 bits per heavy atom. The lowest BCUT2D eigenvalue weighted by Crippen LogP contribution is -2.44. The largest absolute Gasteiger partial charge is 0.369 e. The van der Waals surface area contributed by atoms with Crippen molar-refractivity contribution in [2.75, 3.05) is 25.0 Å². The minimum atomic E-state index is 0.230. The third-order valence-corrected chi connectivity index (χ3v) is 2.98. The van der Waals surface area contributed by atoms with Crippen molar-refractivity contribution in [3.63, 3.8) is 0 Å². The zero-order valence-corrected chi connectivity index (χ0v) is 9.82. The fourth-order valence-electron chi connectivity index (χ4n) is 1.90. The van der Waals surface area contributed by atoms with Gasteiger partial charge in [0.1, 0.15) is 5.82 Å². The molecular weight excluding hydrogens is 202 g/mol. The fraction of sp³-hybridized carbons (Fsp3) is 0.727. The molecule has 90 valence electrons. The van der Waals surface area contributed by atoms with Gasteiger partial charge in [0.2, 0.25) is 0 Å². The summed E-state index contributed by atoms with van der Waals surface area (Å²) in [5.41, 5.74) is 5.97. The maximum Gasteiger partial charge on any atom is 0.124 e. The van der Waals surface area contributed by atoms with Crippen LogP contribution in [0.4, 0.5) is 5.82 Å². The molecule has 1 aliphatic rings. The van der Waals surface area contributed by atoms with Crippen molar-refractivity contribution in [3.8, 4) is 0 Å². The molecule has 1 aliphatic heterocycles. The number of hydrogen-bond acceptors (Lipinski definition) is 4. The quantitative estimate of drug-likeness (QED) is 0.659. The van der Waals surface area contributed by atoms with Gasteiger partial charge in [-0.05, 0) is 6.42 Å². The zero-order valence-electron chi connectivity index (χ0n) is 9.82. The number of hydrogen-bond donors (Lipinski definition) is 3. The van der Waals surface area contributed by atoms with Gasteiger partial charge in [-0.3, -0.25) is 0 Å². The highest BCUT2D eigenvalue weighted by Gasteiger charge is 2.21. The molecule has 5 heteroatoms. The van der Waals surface area contributed by atoms with E-state index in [1.54, 1.807) is 0 Å². The van der Waals surface area contributed by atoms with Crippen LogP contribution in [0.5, 0.6) is 0 Å². The smallest absolute Gasteiger partial charge is 0.124 e. The third-order valence-electron chi connectivity index (χ3n) is 2.98. The zero-order chi connectivity index (χ0) is 11.4. The van der Waals surface area contributed by atoms with E-state index in [2.05, 4.69) is 27.3 Å². The van der Waals surface area contributed by atoms with Gasteiger partial charge >= 0.3 is 0 Å². The summed E-state index contributed by atoms with van der Waals surface area (Å²) in [5.74, 6) is 1.08. The highest BCUT2D eigenvalue weighted by Crippen LogP contribution is 2.17. The number of rotatable bonds is 6. The van der Waals surface area contributed by atoms with Crippen LogP contribution in [-0.4, -0.2) is 35.5 Å². The van der Waals surface area contributed by atoms with E-state index in [0.717, 1.165) is 38.3 Å². The molecule has 1 aromatic rings. The van der Waals surface area contributed by atoms with E-state index in [4.69, 9.17) is 5.73 Å². The minimum Gasteiger partial charge on any atom is -0.369 e. The normalized spacial score (nSPS) is 18.1. The lowest BCUT2D eigenvalue weighted by Gasteiger charge is -2.29. The fourth-order valence-corrected chi connectivity index (χ4v) is 1.90. The average molecular weight is 223 g/mol. The van der Waals surface area contributed by atoms with Crippen molar-refractivity contribution >= 4 is 5.82 Å². The monoisotopic (exact) mass is 223 g/mol. The number of anilines is 1. The molecule has 0 aliphatic carbocycles. The topological polar surface area (TPSA) is 67.9 Å². The van der Waals surface area contributed by atoms with Gasteiger partial charge in [-0.2, -0.15) is 5.10 Å². The Bertz CT molecular complexity index is 318. The number of nitrogens with zero attached hydrogens (tertiary/aromatic N) is 2. The molecule has 16 heavy (non-hydrogen) atoms. The first-order valence-corrected chi connectivity index (χ1v) is 6.05. The van der Waals surface area contributed by atoms with Crippen molar-refractivity contribution in [1.29, 1.82) is 0 Å². The van der Waals surface area contributed by atoms with Crippen LogP contribution in [0.3, 0.4) is 0 Å². The third kappa shape index (κ3) is 2.54. The van der Waals surface area contributed by atoms with Crippen LogP contribution in [0.1, 0.15) is 25.8 Å². The maximum absolute atomic E-state index is 5.97. The molecule has 0 saturated carbocycles. The standard InChI is InChI=1S/C11H21N5/c1-2-3-9(12)6-14-11-4-5-15-16(11)10-7-13-8-10/h4-5,9-10,13-14H,2-3,6-8,12H2,1H3/t9-/m0/s1. The highest BCUT2D eigenvalue weighted by atomic mass is 15.4. The van der Waals surface area contributed by atoms with E-state index in [0.29, 0.717) is 6.04 Å². The summed E-state index contributed by atoms with van der Waals surface area (Å²) in [5, 5.41) is 11.0. The van der Waals surface area contributed by atoms with E-state index in [1.165, 1.54) is 0 Å². The van der Waals surface area contributed by atoms with E-state index in [1.807, 2.05) is 12.3 Å². The lowest BCUT2D eigenvalue weighted by atomic mass is 10.2. The van der Waals surface area contributed by atoms with Gasteiger partial charge in [0, 0.05) is 31.7 Å². The van der Waals surface area contributed by atoms with Gasteiger partial charge in [0.05, 0.1) is 12.2 Å². The van der Waals surface area contributed by atoms with Gasteiger partial charge < -0.3 is 16.4 Å². The molecule has 1 saturated heterocycles. The predicted octanol–water partition coefficient (Wildman–Crippen LogP) is 0.567. The van der Waals surface area contributed by atoms with Crippen LogP contribution < -0.4 is 16.4 Å². The molecule has 0 bridgehead atoms. The molecule has 0 amide bonds. The first-order valence-electron chi connectivity index (χ1n) is 6.05. The molecule has 0 aromatic carbocycles. The van der Waals surface area contributed by atoms with Crippen molar-refractivity contribution in [2.45, 2.75) is 31.8 Å².